The van der Waals surface area contributed by atoms with Gasteiger partial charge in [0, 0.05) is 36.0 Å². The van der Waals surface area contributed by atoms with Crippen LogP contribution in [0.3, 0.4) is 0 Å². The van der Waals surface area contributed by atoms with Gasteiger partial charge in [-0.15, -0.1) is 10.2 Å². The predicted octanol–water partition coefficient (Wildman–Crippen LogP) is 1.66. The zero-order valence-electron chi connectivity index (χ0n) is 18.7. The quantitative estimate of drug-likeness (QED) is 0.463. The van der Waals surface area contributed by atoms with E-state index in [4.69, 9.17) is 21.3 Å². The Morgan fingerprint density at radius 2 is 2.06 bits per heavy atom. The molecule has 32 heavy (non-hydrogen) atoms. The van der Waals surface area contributed by atoms with Gasteiger partial charge in [0.05, 0.1) is 17.7 Å². The number of fused-ring (bicyclic) bond motifs is 1. The lowest BCUT2D eigenvalue weighted by molar-refractivity contribution is 0.0751. The Balaban J connectivity index is 1.66. The van der Waals surface area contributed by atoms with Gasteiger partial charge in [0.15, 0.2) is 11.5 Å². The first-order chi connectivity index (χ1) is 15.1. The number of hydrogen-bond acceptors (Lipinski definition) is 9. The third-order valence-electron chi connectivity index (χ3n) is 5.38. The van der Waals surface area contributed by atoms with Gasteiger partial charge >= 0.3 is 0 Å². The van der Waals surface area contributed by atoms with Crippen LogP contribution >= 0.6 is 0 Å². The summed E-state index contributed by atoms with van der Waals surface area (Å²) in [5.41, 5.74) is 14.1. The first kappa shape index (κ1) is 21.9. The van der Waals surface area contributed by atoms with Crippen LogP contribution in [0.2, 0.25) is 0 Å². The summed E-state index contributed by atoms with van der Waals surface area (Å²) in [6.45, 7) is 9.33. The number of primary amides is 1. The number of amides is 1. The van der Waals surface area contributed by atoms with Crippen LogP contribution in [-0.4, -0.2) is 56.2 Å². The average Bonchev–Trinajstić information content (AvgIpc) is 3.15. The minimum Gasteiger partial charge on any atom is -0.380 e. The van der Waals surface area contributed by atoms with E-state index in [0.717, 1.165) is 28.6 Å². The van der Waals surface area contributed by atoms with Gasteiger partial charge in [-0.05, 0) is 51.8 Å². The standard InChI is InChI=1S/C21H29N9O2/c1-11-7-13(8-12-9-30(21(2,3)4)29-16(11)12)24-19-17(18(23)31)27-28-20(26-19)25-15-5-6-32-10-14(15)22/h7-9,14-15H,5-6,10,22H2,1-4H3,(H2,23,31)(H2,24,25,26,28). The fraction of sp³-hybridized carbons (Fsp3) is 0.476. The first-order valence-electron chi connectivity index (χ1n) is 10.5. The Bertz CT molecular complexity index is 1150. The van der Waals surface area contributed by atoms with E-state index in [1.165, 1.54) is 0 Å². The van der Waals surface area contributed by atoms with E-state index in [1.807, 2.05) is 29.9 Å². The van der Waals surface area contributed by atoms with Gasteiger partial charge in [-0.3, -0.25) is 9.48 Å². The Kier molecular flexibility index (Phi) is 5.70. The van der Waals surface area contributed by atoms with Crippen LogP contribution in [0.15, 0.2) is 18.3 Å². The van der Waals surface area contributed by atoms with Crippen LogP contribution < -0.4 is 22.1 Å². The number of nitrogens with two attached hydrogens (primary N) is 2. The molecule has 2 unspecified atom stereocenters. The molecule has 2 atom stereocenters. The Labute approximate surface area is 185 Å². The van der Waals surface area contributed by atoms with Crippen molar-refractivity contribution in [1.29, 1.82) is 0 Å². The van der Waals surface area contributed by atoms with Crippen LogP contribution in [0.4, 0.5) is 17.5 Å². The average molecular weight is 440 g/mol. The van der Waals surface area contributed by atoms with Gasteiger partial charge in [0.25, 0.3) is 5.91 Å². The molecule has 11 nitrogen and oxygen atoms in total. The van der Waals surface area contributed by atoms with Crippen LogP contribution in [0.5, 0.6) is 0 Å². The number of ether oxygens (including phenoxy) is 1. The molecule has 3 heterocycles. The number of nitrogens with zero attached hydrogens (tertiary/aromatic N) is 5. The second-order valence-corrected chi connectivity index (χ2v) is 9.08. The number of aryl methyl sites for hydroxylation is 1. The van der Waals surface area contributed by atoms with Crippen LogP contribution in [-0.2, 0) is 10.3 Å². The molecule has 3 aromatic rings. The summed E-state index contributed by atoms with van der Waals surface area (Å²) < 4.78 is 7.31. The highest BCUT2D eigenvalue weighted by molar-refractivity contribution is 5.96. The predicted molar refractivity (Wildman–Crippen MR) is 122 cm³/mol. The summed E-state index contributed by atoms with van der Waals surface area (Å²) in [7, 11) is 0. The van der Waals surface area contributed by atoms with E-state index in [0.29, 0.717) is 13.2 Å². The van der Waals surface area contributed by atoms with Gasteiger partial charge in [-0.1, -0.05) is 0 Å². The van der Waals surface area contributed by atoms with Crippen molar-refractivity contribution in [3.05, 3.63) is 29.6 Å². The van der Waals surface area contributed by atoms with Crippen molar-refractivity contribution in [2.24, 2.45) is 11.5 Å². The molecule has 1 amide bonds. The summed E-state index contributed by atoms with van der Waals surface area (Å²) in [6, 6.07) is 3.64. The highest BCUT2D eigenvalue weighted by Gasteiger charge is 2.24. The Morgan fingerprint density at radius 1 is 1.28 bits per heavy atom. The van der Waals surface area contributed by atoms with Crippen molar-refractivity contribution in [3.8, 4) is 0 Å². The molecule has 0 aliphatic carbocycles. The maximum Gasteiger partial charge on any atom is 0.273 e. The molecule has 0 spiro atoms. The fourth-order valence-electron chi connectivity index (χ4n) is 3.61. The summed E-state index contributed by atoms with van der Waals surface area (Å²) in [4.78, 5) is 16.4. The van der Waals surface area contributed by atoms with Crippen LogP contribution in [0.25, 0.3) is 10.9 Å². The van der Waals surface area contributed by atoms with E-state index in [2.05, 4.69) is 46.6 Å². The number of benzene rings is 1. The van der Waals surface area contributed by atoms with Gasteiger partial charge in [-0.2, -0.15) is 10.1 Å². The summed E-state index contributed by atoms with van der Waals surface area (Å²) >= 11 is 0. The van der Waals surface area contributed by atoms with E-state index >= 15 is 0 Å². The molecule has 6 N–H and O–H groups in total. The molecule has 170 valence electrons. The van der Waals surface area contributed by atoms with Gasteiger partial charge < -0.3 is 26.8 Å². The molecule has 0 saturated carbocycles. The third-order valence-corrected chi connectivity index (χ3v) is 5.38. The summed E-state index contributed by atoms with van der Waals surface area (Å²) in [5.74, 6) is -0.240. The number of carbonyl (C=O) groups is 1. The van der Waals surface area contributed by atoms with Crippen molar-refractivity contribution in [2.45, 2.75) is 51.7 Å². The topological polar surface area (TPSA) is 159 Å². The van der Waals surface area contributed by atoms with Crippen molar-refractivity contribution >= 4 is 34.3 Å². The third kappa shape index (κ3) is 4.48. The number of rotatable bonds is 5. The Hall–Kier alpha value is -3.31. The van der Waals surface area contributed by atoms with E-state index < -0.39 is 5.91 Å². The van der Waals surface area contributed by atoms with Gasteiger partial charge in [0.2, 0.25) is 5.95 Å². The maximum atomic E-state index is 11.9. The molecule has 1 aliphatic heterocycles. The molecule has 4 rings (SSSR count). The minimum absolute atomic E-state index is 0.0463. The smallest absolute Gasteiger partial charge is 0.273 e. The molecule has 11 heteroatoms. The van der Waals surface area contributed by atoms with Gasteiger partial charge in [0.1, 0.15) is 0 Å². The van der Waals surface area contributed by atoms with Gasteiger partial charge in [-0.25, -0.2) is 0 Å². The van der Waals surface area contributed by atoms with E-state index in [1.54, 1.807) is 0 Å². The highest BCUT2D eigenvalue weighted by Crippen LogP contribution is 2.27. The van der Waals surface area contributed by atoms with Crippen molar-refractivity contribution < 1.29 is 9.53 Å². The number of anilines is 3. The second-order valence-electron chi connectivity index (χ2n) is 9.08. The largest absolute Gasteiger partial charge is 0.380 e. The summed E-state index contributed by atoms with van der Waals surface area (Å²) in [6.07, 6.45) is 2.72. The number of aromatic nitrogens is 5. The number of carbonyl (C=O) groups excluding carboxylic acids is 1. The number of hydrogen-bond donors (Lipinski definition) is 4. The zero-order chi connectivity index (χ0) is 23.0. The highest BCUT2D eigenvalue weighted by atomic mass is 16.5. The SMILES string of the molecule is Cc1cc(Nc2nc(NC3CCOCC3N)nnc2C(N)=O)cc2cn(C(C)(C)C)nc12. The minimum atomic E-state index is -0.722. The lowest BCUT2D eigenvalue weighted by Gasteiger charge is -2.29. The van der Waals surface area contributed by atoms with Crippen LogP contribution in [0.1, 0.15) is 43.2 Å². The molecule has 0 bridgehead atoms. The van der Waals surface area contributed by atoms with E-state index in [-0.39, 0.29) is 35.1 Å². The molecule has 1 fully saturated rings. The lowest BCUT2D eigenvalue weighted by Crippen LogP contribution is -2.48. The maximum absolute atomic E-state index is 11.9. The fourth-order valence-corrected chi connectivity index (χ4v) is 3.61. The molecule has 0 radical (unpaired) electrons. The van der Waals surface area contributed by atoms with Crippen molar-refractivity contribution in [3.63, 3.8) is 0 Å². The molecular formula is C21H29N9O2. The zero-order valence-corrected chi connectivity index (χ0v) is 18.7. The second kappa shape index (κ2) is 8.32. The first-order valence-corrected chi connectivity index (χ1v) is 10.5. The molecule has 2 aromatic heterocycles. The lowest BCUT2D eigenvalue weighted by atomic mass is 10.1. The Morgan fingerprint density at radius 3 is 2.75 bits per heavy atom. The summed E-state index contributed by atoms with van der Waals surface area (Å²) in [5, 5.41) is 20.0. The van der Waals surface area contributed by atoms with Crippen LogP contribution in [0, 0.1) is 6.92 Å². The van der Waals surface area contributed by atoms with E-state index in [9.17, 15) is 4.79 Å². The normalized spacial score (nSPS) is 19.2. The molecule has 1 aromatic carbocycles. The monoisotopic (exact) mass is 439 g/mol. The van der Waals surface area contributed by atoms with Crippen molar-refractivity contribution in [2.75, 3.05) is 23.8 Å². The van der Waals surface area contributed by atoms with Crippen molar-refractivity contribution in [1.82, 2.24) is 25.0 Å². The molecular weight excluding hydrogens is 410 g/mol. The molecule has 1 aliphatic rings. The molecule has 1 saturated heterocycles. The number of nitrogens with one attached hydrogen (secondary N) is 2.